The average molecular weight is 510 g/mol. The van der Waals surface area contributed by atoms with Gasteiger partial charge in [0.2, 0.25) is 0 Å². The number of ether oxygens (including phenoxy) is 1. The molecule has 4 rings (SSSR count). The molecule has 1 N–H and O–H groups in total. The van der Waals surface area contributed by atoms with Gasteiger partial charge in [0, 0.05) is 19.5 Å². The van der Waals surface area contributed by atoms with Crippen LogP contribution in [0.1, 0.15) is 41.9 Å². The van der Waals surface area contributed by atoms with Crippen molar-refractivity contribution in [3.8, 4) is 5.75 Å². The summed E-state index contributed by atoms with van der Waals surface area (Å²) in [4.78, 5) is 17.1. The zero-order valence-electron chi connectivity index (χ0n) is 19.6. The van der Waals surface area contributed by atoms with Crippen LogP contribution in [0.4, 0.5) is 0 Å². The van der Waals surface area contributed by atoms with E-state index in [0.717, 1.165) is 55.5 Å². The molecule has 0 bridgehead atoms. The Morgan fingerprint density at radius 3 is 2.43 bits per heavy atom. The number of halogens is 2. The Morgan fingerprint density at radius 2 is 1.60 bits per heavy atom. The van der Waals surface area contributed by atoms with Crippen molar-refractivity contribution >= 4 is 40.1 Å². The second-order valence-corrected chi connectivity index (χ2v) is 9.16. The highest BCUT2D eigenvalue weighted by molar-refractivity contribution is 6.33. The summed E-state index contributed by atoms with van der Waals surface area (Å²) in [7, 11) is 0. The van der Waals surface area contributed by atoms with E-state index in [1.54, 1.807) is 12.1 Å². The van der Waals surface area contributed by atoms with E-state index in [9.17, 15) is 4.79 Å². The van der Waals surface area contributed by atoms with Gasteiger partial charge < -0.3 is 14.6 Å². The first-order valence-corrected chi connectivity index (χ1v) is 12.7. The first-order valence-electron chi connectivity index (χ1n) is 12.0. The minimum absolute atomic E-state index is 0.128. The molecule has 0 unspecified atom stereocenters. The number of aromatic nitrogens is 2. The lowest BCUT2D eigenvalue weighted by Crippen LogP contribution is -2.24. The van der Waals surface area contributed by atoms with E-state index in [1.165, 1.54) is 0 Å². The quantitative estimate of drug-likeness (QED) is 0.210. The van der Waals surface area contributed by atoms with E-state index in [0.29, 0.717) is 34.5 Å². The average Bonchev–Trinajstić information content (AvgIpc) is 3.22. The van der Waals surface area contributed by atoms with Gasteiger partial charge >= 0.3 is 0 Å². The lowest BCUT2D eigenvalue weighted by atomic mass is 10.1. The van der Waals surface area contributed by atoms with Gasteiger partial charge in [0.15, 0.2) is 0 Å². The molecule has 3 aromatic carbocycles. The molecule has 1 amide bonds. The summed E-state index contributed by atoms with van der Waals surface area (Å²) in [6, 6.07) is 22.9. The molecule has 0 radical (unpaired) electrons. The molecule has 0 atom stereocenters. The lowest BCUT2D eigenvalue weighted by Gasteiger charge is -2.11. The fourth-order valence-corrected chi connectivity index (χ4v) is 4.47. The maximum Gasteiger partial charge on any atom is 0.252 e. The maximum atomic E-state index is 12.3. The van der Waals surface area contributed by atoms with Crippen LogP contribution in [0.3, 0.4) is 0 Å². The second kappa shape index (κ2) is 12.6. The minimum Gasteiger partial charge on any atom is -0.492 e. The van der Waals surface area contributed by atoms with Crippen LogP contribution in [0.5, 0.6) is 5.75 Å². The van der Waals surface area contributed by atoms with Crippen LogP contribution in [-0.4, -0.2) is 28.6 Å². The molecule has 182 valence electrons. The molecule has 7 heteroatoms. The van der Waals surface area contributed by atoms with Crippen LogP contribution < -0.4 is 10.1 Å². The number of imidazole rings is 1. The highest BCUT2D eigenvalue weighted by Crippen LogP contribution is 2.24. The predicted molar refractivity (Wildman–Crippen MR) is 143 cm³/mol. The topological polar surface area (TPSA) is 56.2 Å². The summed E-state index contributed by atoms with van der Waals surface area (Å²) in [5.74, 6) is 1.67. The van der Waals surface area contributed by atoms with Crippen LogP contribution in [0.2, 0.25) is 10.0 Å². The smallest absolute Gasteiger partial charge is 0.252 e. The standard InChI is InChI=1S/C28H29Cl2N3O2/c29-22-12-4-3-11-21(22)28(34)31-18-9-1-2-17-27-32-24-14-6-7-15-25(24)33(27)19-10-20-35-26-16-8-5-13-23(26)30/h3-8,11-16H,1-2,9-10,17-20H2,(H,31,34). The maximum absolute atomic E-state index is 12.3. The van der Waals surface area contributed by atoms with E-state index in [2.05, 4.69) is 22.0 Å². The molecular formula is C28H29Cl2N3O2. The van der Waals surface area contributed by atoms with Crippen LogP contribution >= 0.6 is 23.2 Å². The van der Waals surface area contributed by atoms with Gasteiger partial charge in [-0.3, -0.25) is 4.79 Å². The van der Waals surface area contributed by atoms with Crippen molar-refractivity contribution in [2.24, 2.45) is 0 Å². The molecule has 0 spiro atoms. The Kier molecular flexibility index (Phi) is 9.04. The number of para-hydroxylation sites is 3. The van der Waals surface area contributed by atoms with Gasteiger partial charge in [-0.1, -0.05) is 66.0 Å². The molecule has 35 heavy (non-hydrogen) atoms. The molecule has 5 nitrogen and oxygen atoms in total. The van der Waals surface area contributed by atoms with E-state index in [-0.39, 0.29) is 5.91 Å². The molecule has 1 heterocycles. The summed E-state index contributed by atoms with van der Waals surface area (Å²) < 4.78 is 8.16. The van der Waals surface area contributed by atoms with Gasteiger partial charge in [0.25, 0.3) is 5.91 Å². The van der Waals surface area contributed by atoms with Crippen LogP contribution in [0.15, 0.2) is 72.8 Å². The number of benzene rings is 3. The van der Waals surface area contributed by atoms with Gasteiger partial charge in [0.1, 0.15) is 11.6 Å². The number of unbranched alkanes of at least 4 members (excludes halogenated alkanes) is 2. The largest absolute Gasteiger partial charge is 0.492 e. The van der Waals surface area contributed by atoms with Gasteiger partial charge in [-0.15, -0.1) is 0 Å². The first kappa shape index (κ1) is 25.1. The van der Waals surface area contributed by atoms with Crippen molar-refractivity contribution in [2.75, 3.05) is 13.2 Å². The zero-order chi connectivity index (χ0) is 24.5. The Morgan fingerprint density at radius 1 is 0.857 bits per heavy atom. The normalized spacial score (nSPS) is 11.0. The number of aryl methyl sites for hydroxylation is 2. The Balaban J connectivity index is 1.25. The van der Waals surface area contributed by atoms with Crippen molar-refractivity contribution < 1.29 is 9.53 Å². The van der Waals surface area contributed by atoms with Gasteiger partial charge in [-0.05, 0) is 55.7 Å². The fraction of sp³-hybridized carbons (Fsp3) is 0.286. The number of carbonyl (C=O) groups excluding carboxylic acids is 1. The third-order valence-corrected chi connectivity index (χ3v) is 6.48. The monoisotopic (exact) mass is 509 g/mol. The van der Waals surface area contributed by atoms with Crippen molar-refractivity contribution in [2.45, 2.75) is 38.6 Å². The highest BCUT2D eigenvalue weighted by atomic mass is 35.5. The third kappa shape index (κ3) is 6.77. The predicted octanol–water partition coefficient (Wildman–Crippen LogP) is 6.96. The summed E-state index contributed by atoms with van der Waals surface area (Å²) in [5.41, 5.74) is 2.68. The number of nitrogens with zero attached hydrogens (tertiary/aromatic N) is 2. The van der Waals surface area contributed by atoms with Crippen molar-refractivity contribution in [3.05, 3.63) is 94.2 Å². The lowest BCUT2D eigenvalue weighted by molar-refractivity contribution is 0.0953. The number of fused-ring (bicyclic) bond motifs is 1. The first-order chi connectivity index (χ1) is 17.1. The van der Waals surface area contributed by atoms with Crippen LogP contribution in [0.25, 0.3) is 11.0 Å². The Labute approximate surface area is 216 Å². The minimum atomic E-state index is -0.128. The van der Waals surface area contributed by atoms with E-state index in [4.69, 9.17) is 32.9 Å². The van der Waals surface area contributed by atoms with Crippen molar-refractivity contribution in [1.82, 2.24) is 14.9 Å². The van der Waals surface area contributed by atoms with E-state index < -0.39 is 0 Å². The molecule has 0 aliphatic carbocycles. The molecule has 0 saturated heterocycles. The Bertz CT molecular complexity index is 1270. The number of carbonyl (C=O) groups is 1. The molecular weight excluding hydrogens is 481 g/mol. The van der Waals surface area contributed by atoms with Crippen molar-refractivity contribution in [1.29, 1.82) is 0 Å². The molecule has 1 aromatic heterocycles. The number of hydrogen-bond donors (Lipinski definition) is 1. The SMILES string of the molecule is O=C(NCCCCCc1nc2ccccc2n1CCCOc1ccccc1Cl)c1ccccc1Cl. The van der Waals surface area contributed by atoms with Crippen LogP contribution in [-0.2, 0) is 13.0 Å². The zero-order valence-corrected chi connectivity index (χ0v) is 21.1. The molecule has 0 aliphatic heterocycles. The number of nitrogens with one attached hydrogen (secondary N) is 1. The van der Waals surface area contributed by atoms with E-state index >= 15 is 0 Å². The summed E-state index contributed by atoms with van der Waals surface area (Å²) in [5, 5.41) is 4.06. The fourth-order valence-electron chi connectivity index (χ4n) is 4.06. The summed E-state index contributed by atoms with van der Waals surface area (Å²) in [6.07, 6.45) is 4.65. The second-order valence-electron chi connectivity index (χ2n) is 8.35. The Hall–Kier alpha value is -3.02. The third-order valence-electron chi connectivity index (χ3n) is 5.84. The van der Waals surface area contributed by atoms with Gasteiger partial charge in [-0.2, -0.15) is 0 Å². The number of amides is 1. The molecule has 0 fully saturated rings. The molecule has 4 aromatic rings. The van der Waals surface area contributed by atoms with E-state index in [1.807, 2.05) is 48.5 Å². The van der Waals surface area contributed by atoms with Crippen molar-refractivity contribution in [3.63, 3.8) is 0 Å². The van der Waals surface area contributed by atoms with Gasteiger partial charge in [0.05, 0.1) is 33.2 Å². The van der Waals surface area contributed by atoms with Gasteiger partial charge in [-0.25, -0.2) is 4.98 Å². The molecule has 0 aliphatic rings. The molecule has 0 saturated carbocycles. The summed E-state index contributed by atoms with van der Waals surface area (Å²) in [6.45, 7) is 2.04. The van der Waals surface area contributed by atoms with Crippen LogP contribution in [0, 0.1) is 0 Å². The number of hydrogen-bond acceptors (Lipinski definition) is 3. The number of rotatable bonds is 12. The highest BCUT2D eigenvalue weighted by Gasteiger charge is 2.11. The summed E-state index contributed by atoms with van der Waals surface area (Å²) >= 11 is 12.3.